The zero-order chi connectivity index (χ0) is 15.5. The molecule has 1 fully saturated rings. The summed E-state index contributed by atoms with van der Waals surface area (Å²) in [5.41, 5.74) is 6.90. The molecular formula is C15H21N3O3. The number of benzene rings is 1. The van der Waals surface area contributed by atoms with Crippen LogP contribution < -0.4 is 11.1 Å². The van der Waals surface area contributed by atoms with E-state index in [1.54, 1.807) is 12.1 Å². The quantitative estimate of drug-likeness (QED) is 0.643. The highest BCUT2D eigenvalue weighted by Gasteiger charge is 2.31. The molecule has 0 aromatic heterocycles. The molecule has 2 rings (SSSR count). The summed E-state index contributed by atoms with van der Waals surface area (Å²) in [6, 6.07) is 4.79. The van der Waals surface area contributed by atoms with E-state index in [9.17, 15) is 14.9 Å². The zero-order valence-electron chi connectivity index (χ0n) is 12.2. The van der Waals surface area contributed by atoms with Crippen LogP contribution in [-0.2, 0) is 11.2 Å². The summed E-state index contributed by atoms with van der Waals surface area (Å²) in [6.45, 7) is 1.86. The summed E-state index contributed by atoms with van der Waals surface area (Å²) < 4.78 is 0. The lowest BCUT2D eigenvalue weighted by atomic mass is 9.94. The Labute approximate surface area is 123 Å². The fourth-order valence-electron chi connectivity index (χ4n) is 2.89. The van der Waals surface area contributed by atoms with Gasteiger partial charge in [-0.15, -0.1) is 0 Å². The van der Waals surface area contributed by atoms with Gasteiger partial charge < -0.3 is 11.1 Å². The van der Waals surface area contributed by atoms with Crippen molar-refractivity contribution < 1.29 is 9.72 Å². The van der Waals surface area contributed by atoms with Gasteiger partial charge in [0.1, 0.15) is 0 Å². The Balaban J connectivity index is 2.07. The van der Waals surface area contributed by atoms with E-state index in [1.165, 1.54) is 6.07 Å². The normalized spacial score (nSPS) is 16.7. The van der Waals surface area contributed by atoms with Crippen LogP contribution in [0.5, 0.6) is 0 Å². The second-order valence-corrected chi connectivity index (χ2v) is 5.75. The average Bonchev–Trinajstić information content (AvgIpc) is 2.84. The van der Waals surface area contributed by atoms with Gasteiger partial charge in [0.05, 0.1) is 4.92 Å². The maximum atomic E-state index is 12.0. The number of nitro benzene ring substituents is 1. The number of nitrogens with two attached hydrogens (primary N) is 1. The Morgan fingerprint density at radius 1 is 1.43 bits per heavy atom. The lowest BCUT2D eigenvalue weighted by molar-refractivity contribution is -0.385. The largest absolute Gasteiger partial charge is 0.326 e. The molecular weight excluding hydrogens is 270 g/mol. The van der Waals surface area contributed by atoms with Crippen molar-refractivity contribution in [1.29, 1.82) is 0 Å². The van der Waals surface area contributed by atoms with Crippen molar-refractivity contribution in [2.24, 2.45) is 5.73 Å². The predicted molar refractivity (Wildman–Crippen MR) is 81.1 cm³/mol. The van der Waals surface area contributed by atoms with Crippen molar-refractivity contribution in [3.63, 3.8) is 0 Å². The van der Waals surface area contributed by atoms with Crippen molar-refractivity contribution in [2.45, 2.75) is 51.0 Å². The van der Waals surface area contributed by atoms with Gasteiger partial charge in [-0.3, -0.25) is 14.9 Å². The van der Waals surface area contributed by atoms with E-state index < -0.39 is 10.5 Å². The van der Waals surface area contributed by atoms with Crippen molar-refractivity contribution in [1.82, 2.24) is 0 Å². The summed E-state index contributed by atoms with van der Waals surface area (Å²) in [4.78, 5) is 22.6. The van der Waals surface area contributed by atoms with Gasteiger partial charge in [0.25, 0.3) is 5.69 Å². The van der Waals surface area contributed by atoms with Crippen LogP contribution in [0, 0.1) is 10.1 Å². The molecule has 1 aliphatic carbocycles. The molecule has 0 radical (unpaired) electrons. The van der Waals surface area contributed by atoms with E-state index in [1.807, 2.05) is 6.92 Å². The molecule has 0 bridgehead atoms. The van der Waals surface area contributed by atoms with Gasteiger partial charge in [-0.05, 0) is 25.3 Å². The van der Waals surface area contributed by atoms with Crippen LogP contribution in [0.15, 0.2) is 18.2 Å². The number of nitrogens with one attached hydrogen (secondary N) is 1. The van der Waals surface area contributed by atoms with Crippen molar-refractivity contribution >= 4 is 17.3 Å². The summed E-state index contributed by atoms with van der Waals surface area (Å²) in [5, 5.41) is 13.7. The number of amides is 1. The van der Waals surface area contributed by atoms with Crippen LogP contribution >= 0.6 is 0 Å². The third-order valence-electron chi connectivity index (χ3n) is 4.06. The van der Waals surface area contributed by atoms with Crippen LogP contribution in [0.25, 0.3) is 0 Å². The molecule has 1 aliphatic rings. The molecule has 0 unspecified atom stereocenters. The number of nitro groups is 1. The lowest BCUT2D eigenvalue weighted by Crippen LogP contribution is -2.40. The molecule has 1 saturated carbocycles. The second-order valence-electron chi connectivity index (χ2n) is 5.75. The Morgan fingerprint density at radius 3 is 2.67 bits per heavy atom. The molecule has 21 heavy (non-hydrogen) atoms. The third kappa shape index (κ3) is 3.78. The molecule has 0 saturated heterocycles. The number of hydrogen-bond donors (Lipinski definition) is 2. The minimum atomic E-state index is -0.421. The number of carbonyl (C=O) groups is 1. The van der Waals surface area contributed by atoms with Crippen LogP contribution in [-0.4, -0.2) is 16.4 Å². The maximum Gasteiger partial charge on any atom is 0.274 e. The number of anilines is 1. The predicted octanol–water partition coefficient (Wildman–Crippen LogP) is 2.76. The van der Waals surface area contributed by atoms with E-state index in [2.05, 4.69) is 5.32 Å². The molecule has 0 aliphatic heterocycles. The first-order valence-corrected chi connectivity index (χ1v) is 7.29. The molecule has 114 valence electrons. The van der Waals surface area contributed by atoms with Crippen LogP contribution in [0.4, 0.5) is 11.4 Å². The number of rotatable bonds is 5. The standard InChI is InChI=1S/C15H21N3O3/c1-2-11-5-6-12(9-13(11)18(20)21)17-14(19)10-15(16)7-3-4-8-15/h5-6,9H,2-4,7-8,10,16H2,1H3,(H,17,19). The fraction of sp³-hybridized carbons (Fsp3) is 0.533. The van der Waals surface area contributed by atoms with Crippen LogP contribution in [0.2, 0.25) is 0 Å². The average molecular weight is 291 g/mol. The van der Waals surface area contributed by atoms with Gasteiger partial charge >= 0.3 is 0 Å². The lowest BCUT2D eigenvalue weighted by Gasteiger charge is -2.22. The molecule has 1 amide bonds. The highest BCUT2D eigenvalue weighted by atomic mass is 16.6. The van der Waals surface area contributed by atoms with E-state index >= 15 is 0 Å². The number of aryl methyl sites for hydroxylation is 1. The Morgan fingerprint density at radius 2 is 2.10 bits per heavy atom. The molecule has 1 aromatic carbocycles. The molecule has 6 heteroatoms. The summed E-state index contributed by atoms with van der Waals surface area (Å²) >= 11 is 0. The Hall–Kier alpha value is -1.95. The first kappa shape index (κ1) is 15.4. The maximum absolute atomic E-state index is 12.0. The summed E-state index contributed by atoms with van der Waals surface area (Å²) in [6.07, 6.45) is 4.67. The van der Waals surface area contributed by atoms with E-state index in [0.29, 0.717) is 17.7 Å². The van der Waals surface area contributed by atoms with E-state index in [0.717, 1.165) is 25.7 Å². The number of hydrogen-bond acceptors (Lipinski definition) is 4. The Kier molecular flexibility index (Phi) is 4.57. The smallest absolute Gasteiger partial charge is 0.274 e. The molecule has 6 nitrogen and oxygen atoms in total. The monoisotopic (exact) mass is 291 g/mol. The van der Waals surface area contributed by atoms with Gasteiger partial charge in [-0.1, -0.05) is 25.8 Å². The topological polar surface area (TPSA) is 98.3 Å². The molecule has 0 heterocycles. The van der Waals surface area contributed by atoms with Gasteiger partial charge in [0, 0.05) is 29.3 Å². The van der Waals surface area contributed by atoms with Gasteiger partial charge in [0.2, 0.25) is 5.91 Å². The molecule has 0 spiro atoms. The molecule has 0 atom stereocenters. The van der Waals surface area contributed by atoms with Crippen molar-refractivity contribution in [3.05, 3.63) is 33.9 Å². The summed E-state index contributed by atoms with van der Waals surface area (Å²) in [7, 11) is 0. The first-order valence-electron chi connectivity index (χ1n) is 7.29. The van der Waals surface area contributed by atoms with Crippen LogP contribution in [0.1, 0.15) is 44.6 Å². The molecule has 3 N–H and O–H groups in total. The van der Waals surface area contributed by atoms with E-state index in [4.69, 9.17) is 5.73 Å². The molecule has 1 aromatic rings. The zero-order valence-corrected chi connectivity index (χ0v) is 12.2. The highest BCUT2D eigenvalue weighted by molar-refractivity contribution is 5.92. The van der Waals surface area contributed by atoms with E-state index in [-0.39, 0.29) is 18.0 Å². The van der Waals surface area contributed by atoms with Gasteiger partial charge in [-0.25, -0.2) is 0 Å². The minimum absolute atomic E-state index is 0.0404. The fourth-order valence-corrected chi connectivity index (χ4v) is 2.89. The Bertz CT molecular complexity index is 551. The minimum Gasteiger partial charge on any atom is -0.326 e. The van der Waals surface area contributed by atoms with Crippen molar-refractivity contribution in [2.75, 3.05) is 5.32 Å². The number of carbonyl (C=O) groups excluding carboxylic acids is 1. The highest BCUT2D eigenvalue weighted by Crippen LogP contribution is 2.30. The van der Waals surface area contributed by atoms with Crippen LogP contribution in [0.3, 0.4) is 0 Å². The van der Waals surface area contributed by atoms with Gasteiger partial charge in [0.15, 0.2) is 0 Å². The first-order chi connectivity index (χ1) is 9.93. The second kappa shape index (κ2) is 6.22. The van der Waals surface area contributed by atoms with Gasteiger partial charge in [-0.2, -0.15) is 0 Å². The third-order valence-corrected chi connectivity index (χ3v) is 4.06. The summed E-state index contributed by atoms with van der Waals surface area (Å²) in [5.74, 6) is -0.182. The SMILES string of the molecule is CCc1ccc(NC(=O)CC2(N)CCCC2)cc1[N+](=O)[O-]. The van der Waals surface area contributed by atoms with Crippen molar-refractivity contribution in [3.8, 4) is 0 Å². The number of nitrogens with zero attached hydrogens (tertiary/aromatic N) is 1.